The number of amides is 1. The second-order valence-corrected chi connectivity index (χ2v) is 6.84. The Labute approximate surface area is 117 Å². The molecule has 2 rings (SSSR count). The maximum atomic E-state index is 13.0. The van der Waals surface area contributed by atoms with Crippen LogP contribution in [0.25, 0.3) is 0 Å². The number of nitrogens with one attached hydrogen (secondary N) is 1. The van der Waals surface area contributed by atoms with Crippen LogP contribution in [0.15, 0.2) is 23.1 Å². The monoisotopic (exact) mass is 300 g/mol. The minimum Gasteiger partial charge on any atom is -0.345 e. The van der Waals surface area contributed by atoms with E-state index in [0.29, 0.717) is 18.5 Å². The van der Waals surface area contributed by atoms with Crippen LogP contribution in [-0.2, 0) is 14.8 Å². The van der Waals surface area contributed by atoms with Crippen molar-refractivity contribution >= 4 is 15.9 Å². The van der Waals surface area contributed by atoms with Crippen LogP contribution < -0.4 is 4.72 Å². The van der Waals surface area contributed by atoms with Gasteiger partial charge in [-0.25, -0.2) is 17.5 Å². The van der Waals surface area contributed by atoms with E-state index in [1.165, 1.54) is 12.1 Å². The molecule has 0 aliphatic carbocycles. The molecule has 1 amide bonds. The van der Waals surface area contributed by atoms with E-state index in [-0.39, 0.29) is 23.3 Å². The summed E-state index contributed by atoms with van der Waals surface area (Å²) in [5.41, 5.74) is 0.358. The van der Waals surface area contributed by atoms with E-state index in [0.717, 1.165) is 6.07 Å². The third-order valence-corrected chi connectivity index (χ3v) is 4.99. The average molecular weight is 300 g/mol. The highest BCUT2D eigenvalue weighted by molar-refractivity contribution is 7.89. The highest BCUT2D eigenvalue weighted by Gasteiger charge is 2.28. The predicted octanol–water partition coefficient (Wildman–Crippen LogP) is 0.891. The second-order valence-electron chi connectivity index (χ2n) is 5.11. The molecule has 0 bridgehead atoms. The molecule has 0 saturated carbocycles. The van der Waals surface area contributed by atoms with Crippen LogP contribution in [0.4, 0.5) is 4.39 Å². The fourth-order valence-corrected chi connectivity index (χ4v) is 3.65. The molecule has 1 unspecified atom stereocenters. The zero-order valence-electron chi connectivity index (χ0n) is 11.4. The first-order valence-electron chi connectivity index (χ1n) is 6.29. The van der Waals surface area contributed by atoms with Crippen molar-refractivity contribution in [3.63, 3.8) is 0 Å². The topological polar surface area (TPSA) is 66.5 Å². The van der Waals surface area contributed by atoms with Crippen molar-refractivity contribution in [1.82, 2.24) is 9.62 Å². The van der Waals surface area contributed by atoms with Crippen LogP contribution in [0.3, 0.4) is 0 Å². The number of carbonyl (C=O) groups is 1. The van der Waals surface area contributed by atoms with Crippen LogP contribution >= 0.6 is 0 Å². The van der Waals surface area contributed by atoms with E-state index >= 15 is 0 Å². The van der Waals surface area contributed by atoms with Gasteiger partial charge in [0, 0.05) is 26.6 Å². The van der Waals surface area contributed by atoms with Crippen LogP contribution in [0.5, 0.6) is 0 Å². The van der Waals surface area contributed by atoms with Crippen LogP contribution in [0.2, 0.25) is 0 Å². The first kappa shape index (κ1) is 14.9. The minimum atomic E-state index is -3.68. The van der Waals surface area contributed by atoms with Gasteiger partial charge in [-0.2, -0.15) is 0 Å². The molecule has 0 radical (unpaired) electrons. The highest BCUT2D eigenvalue weighted by Crippen LogP contribution is 2.18. The fraction of sp³-hybridized carbons (Fsp3) is 0.462. The quantitative estimate of drug-likeness (QED) is 0.898. The summed E-state index contributed by atoms with van der Waals surface area (Å²) in [5.74, 6) is -0.473. The third-order valence-electron chi connectivity index (χ3n) is 3.41. The van der Waals surface area contributed by atoms with Crippen molar-refractivity contribution in [3.8, 4) is 0 Å². The van der Waals surface area contributed by atoms with Gasteiger partial charge < -0.3 is 4.90 Å². The molecule has 7 heteroatoms. The first-order valence-corrected chi connectivity index (χ1v) is 7.77. The molecule has 5 nitrogen and oxygen atoms in total. The van der Waals surface area contributed by atoms with E-state index < -0.39 is 15.8 Å². The molecule has 1 N–H and O–H groups in total. The SMILES string of the molecule is Cc1cc(F)ccc1S(=O)(=O)NCC1CC(=O)N(C)C1. The number of benzene rings is 1. The second kappa shape index (κ2) is 5.49. The standard InChI is InChI=1S/C13H17FN2O3S/c1-9-5-11(14)3-4-12(9)20(18,19)15-7-10-6-13(17)16(2)8-10/h3-5,10,15H,6-8H2,1-2H3. The molecular formula is C13H17FN2O3S. The minimum absolute atomic E-state index is 0.0205. The maximum absolute atomic E-state index is 13.0. The summed E-state index contributed by atoms with van der Waals surface area (Å²) in [6.45, 7) is 2.30. The molecular weight excluding hydrogens is 283 g/mol. The van der Waals surface area contributed by atoms with E-state index in [4.69, 9.17) is 0 Å². The van der Waals surface area contributed by atoms with Crippen molar-refractivity contribution in [2.75, 3.05) is 20.1 Å². The van der Waals surface area contributed by atoms with Crippen molar-refractivity contribution in [2.45, 2.75) is 18.2 Å². The Balaban J connectivity index is 2.06. The number of carbonyl (C=O) groups excluding carboxylic acids is 1. The molecule has 1 atom stereocenters. The third kappa shape index (κ3) is 3.16. The molecule has 110 valence electrons. The molecule has 1 aliphatic heterocycles. The van der Waals surface area contributed by atoms with Crippen molar-refractivity contribution < 1.29 is 17.6 Å². The van der Waals surface area contributed by atoms with Gasteiger partial charge in [0.1, 0.15) is 5.82 Å². The summed E-state index contributed by atoms with van der Waals surface area (Å²) >= 11 is 0. The fourth-order valence-electron chi connectivity index (χ4n) is 2.31. The van der Waals surface area contributed by atoms with E-state index in [9.17, 15) is 17.6 Å². The van der Waals surface area contributed by atoms with Gasteiger partial charge in [0.2, 0.25) is 15.9 Å². The molecule has 0 aromatic heterocycles. The molecule has 1 aromatic carbocycles. The zero-order chi connectivity index (χ0) is 14.9. The number of likely N-dealkylation sites (tertiary alicyclic amines) is 1. The summed E-state index contributed by atoms with van der Waals surface area (Å²) in [6.07, 6.45) is 0.349. The van der Waals surface area contributed by atoms with Crippen LogP contribution in [-0.4, -0.2) is 39.4 Å². The number of hydrogen-bond acceptors (Lipinski definition) is 3. The summed E-state index contributed by atoms with van der Waals surface area (Å²) in [5, 5.41) is 0. The van der Waals surface area contributed by atoms with Crippen molar-refractivity contribution in [1.29, 1.82) is 0 Å². The summed E-state index contributed by atoms with van der Waals surface area (Å²) in [7, 11) is -1.98. The molecule has 1 aromatic rings. The highest BCUT2D eigenvalue weighted by atomic mass is 32.2. The number of hydrogen-bond donors (Lipinski definition) is 1. The van der Waals surface area contributed by atoms with Crippen LogP contribution in [0.1, 0.15) is 12.0 Å². The van der Waals surface area contributed by atoms with Crippen LogP contribution in [0, 0.1) is 18.7 Å². The lowest BCUT2D eigenvalue weighted by molar-refractivity contribution is -0.126. The number of halogens is 1. The number of nitrogens with zero attached hydrogens (tertiary/aromatic N) is 1. The Bertz CT molecular complexity index is 631. The smallest absolute Gasteiger partial charge is 0.240 e. The lowest BCUT2D eigenvalue weighted by Gasteiger charge is -2.13. The lowest BCUT2D eigenvalue weighted by Crippen LogP contribution is -2.31. The summed E-state index contributed by atoms with van der Waals surface area (Å²) in [6, 6.07) is 3.55. The Kier molecular flexibility index (Phi) is 4.10. The number of aryl methyl sites for hydroxylation is 1. The molecule has 1 aliphatic rings. The Hall–Kier alpha value is -1.47. The summed E-state index contributed by atoms with van der Waals surface area (Å²) < 4.78 is 39.8. The van der Waals surface area contributed by atoms with Gasteiger partial charge in [-0.3, -0.25) is 4.79 Å². The largest absolute Gasteiger partial charge is 0.345 e. The van der Waals surface area contributed by atoms with Gasteiger partial charge in [-0.15, -0.1) is 0 Å². The van der Waals surface area contributed by atoms with Crippen molar-refractivity contribution in [2.24, 2.45) is 5.92 Å². The van der Waals surface area contributed by atoms with E-state index in [1.807, 2.05) is 0 Å². The molecule has 1 heterocycles. The average Bonchev–Trinajstić information content (AvgIpc) is 2.66. The molecule has 1 saturated heterocycles. The van der Waals surface area contributed by atoms with E-state index in [1.54, 1.807) is 18.9 Å². The van der Waals surface area contributed by atoms with Gasteiger partial charge in [-0.05, 0) is 36.6 Å². The normalized spacial score (nSPS) is 19.6. The van der Waals surface area contributed by atoms with Gasteiger partial charge in [0.05, 0.1) is 4.90 Å². The van der Waals surface area contributed by atoms with Crippen molar-refractivity contribution in [3.05, 3.63) is 29.6 Å². The number of sulfonamides is 1. The molecule has 20 heavy (non-hydrogen) atoms. The number of rotatable bonds is 4. The Morgan fingerprint density at radius 3 is 2.70 bits per heavy atom. The maximum Gasteiger partial charge on any atom is 0.240 e. The van der Waals surface area contributed by atoms with Gasteiger partial charge >= 0.3 is 0 Å². The Morgan fingerprint density at radius 1 is 1.45 bits per heavy atom. The van der Waals surface area contributed by atoms with Gasteiger partial charge in [0.15, 0.2) is 0 Å². The lowest BCUT2D eigenvalue weighted by atomic mass is 10.1. The first-order chi connectivity index (χ1) is 9.29. The zero-order valence-corrected chi connectivity index (χ0v) is 12.2. The van der Waals surface area contributed by atoms with Gasteiger partial charge in [-0.1, -0.05) is 0 Å². The molecule has 1 fully saturated rings. The van der Waals surface area contributed by atoms with E-state index in [2.05, 4.69) is 4.72 Å². The van der Waals surface area contributed by atoms with Gasteiger partial charge in [0.25, 0.3) is 0 Å². The predicted molar refractivity (Wildman–Crippen MR) is 72.1 cm³/mol. The Morgan fingerprint density at radius 2 is 2.15 bits per heavy atom. The molecule has 0 spiro atoms. The summed E-state index contributed by atoms with van der Waals surface area (Å²) in [4.78, 5) is 13.0.